The fraction of sp³-hybridized carbons (Fsp3) is 0.650. The normalized spacial score (nSPS) is 17.6. The van der Waals surface area contributed by atoms with Gasteiger partial charge in [0.25, 0.3) is 0 Å². The van der Waals surface area contributed by atoms with Crippen LogP contribution >= 0.6 is 0 Å². The maximum Gasteiger partial charge on any atom is 0.410 e. The highest BCUT2D eigenvalue weighted by atomic mass is 16.6. The van der Waals surface area contributed by atoms with Crippen molar-refractivity contribution in [3.8, 4) is 5.75 Å². The Kier molecular flexibility index (Phi) is 8.19. The number of rotatable bonds is 8. The predicted molar refractivity (Wildman–Crippen MR) is 101 cm³/mol. The van der Waals surface area contributed by atoms with Crippen molar-refractivity contribution in [2.45, 2.75) is 39.2 Å². The van der Waals surface area contributed by atoms with Crippen molar-refractivity contribution in [3.63, 3.8) is 0 Å². The quantitative estimate of drug-likeness (QED) is 0.729. The Labute approximate surface area is 156 Å². The zero-order valence-electron chi connectivity index (χ0n) is 16.2. The van der Waals surface area contributed by atoms with Gasteiger partial charge in [-0.1, -0.05) is 32.0 Å². The van der Waals surface area contributed by atoms with Crippen LogP contribution in [0.15, 0.2) is 24.3 Å². The summed E-state index contributed by atoms with van der Waals surface area (Å²) in [5.74, 6) is 1.30. The van der Waals surface area contributed by atoms with Crippen LogP contribution < -0.4 is 9.64 Å². The molecule has 1 heterocycles. The number of aliphatic hydroxyl groups excluding tert-OH is 1. The highest BCUT2D eigenvalue weighted by molar-refractivity contribution is 5.67. The van der Waals surface area contributed by atoms with E-state index in [2.05, 4.69) is 19.9 Å². The number of nitrogens with zero attached hydrogens (tertiary/aromatic N) is 1. The van der Waals surface area contributed by atoms with E-state index in [1.807, 2.05) is 25.1 Å². The first-order chi connectivity index (χ1) is 12.5. The summed E-state index contributed by atoms with van der Waals surface area (Å²) in [4.78, 5) is 14.7. The van der Waals surface area contributed by atoms with Gasteiger partial charge in [0.05, 0.1) is 32.8 Å². The van der Waals surface area contributed by atoms with Crippen LogP contribution in [0.2, 0.25) is 0 Å². The van der Waals surface area contributed by atoms with Crippen molar-refractivity contribution >= 4 is 6.09 Å². The lowest BCUT2D eigenvalue weighted by Gasteiger charge is -2.32. The maximum atomic E-state index is 11.7. The Balaban J connectivity index is 1.77. The number of para-hydroxylation sites is 1. The maximum absolute atomic E-state index is 11.7. The average molecular weight is 365 g/mol. The fourth-order valence-corrected chi connectivity index (χ4v) is 3.24. The second-order valence-electron chi connectivity index (χ2n) is 6.95. The molecule has 0 aliphatic carbocycles. The van der Waals surface area contributed by atoms with Crippen LogP contribution in [-0.4, -0.2) is 68.1 Å². The van der Waals surface area contributed by atoms with Crippen LogP contribution in [0.1, 0.15) is 38.7 Å². The molecule has 0 unspecified atom stereocenters. The number of ether oxygens (including phenoxy) is 2. The zero-order valence-corrected chi connectivity index (χ0v) is 16.2. The Bertz CT molecular complexity index is 558. The van der Waals surface area contributed by atoms with Crippen molar-refractivity contribution in [1.29, 1.82) is 0 Å². The average Bonchev–Trinajstić information content (AvgIpc) is 2.66. The van der Waals surface area contributed by atoms with Gasteiger partial charge in [-0.05, 0) is 30.9 Å². The van der Waals surface area contributed by atoms with E-state index in [0.717, 1.165) is 25.3 Å². The standard InChI is InChI=1S/C20H32N2O4/c1-4-16(3)18-8-6-7-9-19(18)26-15-17(23)14-21-10-12-22(13-11-21)20(24)25-5-2/h6-9,16-17,23H,4-5,10-15H2,1-3H3/p+1/t16-,17-/m0/s1. The topological polar surface area (TPSA) is 63.4 Å². The highest BCUT2D eigenvalue weighted by Gasteiger charge is 2.26. The van der Waals surface area contributed by atoms with E-state index < -0.39 is 6.10 Å². The van der Waals surface area contributed by atoms with Gasteiger partial charge < -0.3 is 19.5 Å². The third kappa shape index (κ3) is 5.88. The number of carbonyl (C=O) groups is 1. The Morgan fingerprint density at radius 3 is 2.62 bits per heavy atom. The number of aliphatic hydroxyl groups is 1. The molecule has 146 valence electrons. The van der Waals surface area contributed by atoms with Crippen LogP contribution in [0.25, 0.3) is 0 Å². The summed E-state index contributed by atoms with van der Waals surface area (Å²) in [6.45, 7) is 10.5. The van der Waals surface area contributed by atoms with E-state index in [4.69, 9.17) is 9.47 Å². The van der Waals surface area contributed by atoms with Gasteiger partial charge >= 0.3 is 6.09 Å². The zero-order chi connectivity index (χ0) is 18.9. The summed E-state index contributed by atoms with van der Waals surface area (Å²) in [5.41, 5.74) is 1.19. The first-order valence-electron chi connectivity index (χ1n) is 9.70. The van der Waals surface area contributed by atoms with E-state index in [1.54, 1.807) is 4.90 Å². The van der Waals surface area contributed by atoms with Crippen LogP contribution in [-0.2, 0) is 4.74 Å². The monoisotopic (exact) mass is 365 g/mol. The van der Waals surface area contributed by atoms with Crippen LogP contribution in [0.5, 0.6) is 5.75 Å². The number of piperazine rings is 1. The molecule has 0 radical (unpaired) electrons. The van der Waals surface area contributed by atoms with Crippen molar-refractivity contribution in [1.82, 2.24) is 4.90 Å². The van der Waals surface area contributed by atoms with Gasteiger partial charge in [-0.3, -0.25) is 4.90 Å². The molecule has 0 spiro atoms. The lowest BCUT2D eigenvalue weighted by molar-refractivity contribution is -0.907. The van der Waals surface area contributed by atoms with E-state index in [0.29, 0.717) is 38.8 Å². The third-order valence-corrected chi connectivity index (χ3v) is 5.01. The summed E-state index contributed by atoms with van der Waals surface area (Å²) in [6, 6.07) is 8.06. The van der Waals surface area contributed by atoms with Crippen molar-refractivity contribution in [2.24, 2.45) is 0 Å². The third-order valence-electron chi connectivity index (χ3n) is 5.01. The second kappa shape index (κ2) is 10.4. The summed E-state index contributed by atoms with van der Waals surface area (Å²) in [6.07, 6.45) is 0.291. The molecular weight excluding hydrogens is 332 g/mol. The number of quaternary nitrogens is 1. The van der Waals surface area contributed by atoms with E-state index in [1.165, 1.54) is 10.5 Å². The molecule has 1 amide bonds. The first kappa shape index (κ1) is 20.5. The minimum atomic E-state index is -0.524. The van der Waals surface area contributed by atoms with Gasteiger partial charge in [0.15, 0.2) is 0 Å². The van der Waals surface area contributed by atoms with Gasteiger partial charge in [0, 0.05) is 0 Å². The Morgan fingerprint density at radius 2 is 1.96 bits per heavy atom. The molecule has 6 nitrogen and oxygen atoms in total. The summed E-state index contributed by atoms with van der Waals surface area (Å²) >= 11 is 0. The number of amides is 1. The van der Waals surface area contributed by atoms with Gasteiger partial charge in [-0.15, -0.1) is 0 Å². The van der Waals surface area contributed by atoms with Gasteiger partial charge in [0.2, 0.25) is 0 Å². The molecule has 6 heteroatoms. The van der Waals surface area contributed by atoms with Gasteiger partial charge in [0.1, 0.15) is 25.0 Å². The van der Waals surface area contributed by atoms with E-state index in [9.17, 15) is 9.90 Å². The predicted octanol–water partition coefficient (Wildman–Crippen LogP) is 1.30. The number of hydrogen-bond acceptors (Lipinski definition) is 4. The molecule has 1 aromatic carbocycles. The van der Waals surface area contributed by atoms with E-state index >= 15 is 0 Å². The summed E-state index contributed by atoms with van der Waals surface area (Å²) in [7, 11) is 0. The van der Waals surface area contributed by atoms with E-state index in [-0.39, 0.29) is 6.09 Å². The first-order valence-corrected chi connectivity index (χ1v) is 9.70. The Morgan fingerprint density at radius 1 is 1.27 bits per heavy atom. The summed E-state index contributed by atoms with van der Waals surface area (Å²) in [5, 5.41) is 10.4. The molecule has 2 rings (SSSR count). The molecule has 0 aromatic heterocycles. The molecule has 1 fully saturated rings. The molecule has 0 saturated carbocycles. The lowest BCUT2D eigenvalue weighted by atomic mass is 9.98. The second-order valence-corrected chi connectivity index (χ2v) is 6.95. The molecule has 1 aliphatic heterocycles. The van der Waals surface area contributed by atoms with Gasteiger partial charge in [-0.25, -0.2) is 4.79 Å². The molecule has 1 aliphatic rings. The van der Waals surface area contributed by atoms with Crippen molar-refractivity contribution < 1.29 is 24.3 Å². The SMILES string of the molecule is CCOC(=O)N1CC[NH+](C[C@H](O)COc2ccccc2[C@@H](C)CC)CC1. The van der Waals surface area contributed by atoms with Crippen LogP contribution in [0.4, 0.5) is 4.79 Å². The summed E-state index contributed by atoms with van der Waals surface area (Å²) < 4.78 is 10.9. The molecule has 0 bridgehead atoms. The minimum absolute atomic E-state index is 0.239. The number of benzene rings is 1. The fourth-order valence-electron chi connectivity index (χ4n) is 3.24. The molecule has 1 saturated heterocycles. The molecule has 2 N–H and O–H groups in total. The molecule has 26 heavy (non-hydrogen) atoms. The number of nitrogens with one attached hydrogen (secondary N) is 1. The molecule has 1 aromatic rings. The Hall–Kier alpha value is -1.79. The van der Waals surface area contributed by atoms with Crippen molar-refractivity contribution in [3.05, 3.63) is 29.8 Å². The minimum Gasteiger partial charge on any atom is -0.490 e. The smallest absolute Gasteiger partial charge is 0.410 e. The number of carbonyl (C=O) groups excluding carboxylic acids is 1. The van der Waals surface area contributed by atoms with Gasteiger partial charge in [-0.2, -0.15) is 0 Å². The number of hydrogen-bond donors (Lipinski definition) is 2. The lowest BCUT2D eigenvalue weighted by Crippen LogP contribution is -3.16. The molecule has 2 atom stereocenters. The molecular formula is C20H33N2O4+. The van der Waals surface area contributed by atoms with Crippen LogP contribution in [0, 0.1) is 0 Å². The van der Waals surface area contributed by atoms with Crippen LogP contribution in [0.3, 0.4) is 0 Å². The highest BCUT2D eigenvalue weighted by Crippen LogP contribution is 2.28. The largest absolute Gasteiger partial charge is 0.490 e. The van der Waals surface area contributed by atoms with Crippen molar-refractivity contribution in [2.75, 3.05) is 45.9 Å².